The monoisotopic (exact) mass is 432 g/mol. The molecule has 2 N–H and O–H groups in total. The van der Waals surface area contributed by atoms with Crippen LogP contribution >= 0.6 is 0 Å². The summed E-state index contributed by atoms with van der Waals surface area (Å²) in [4.78, 5) is 19.3. The van der Waals surface area contributed by atoms with Crippen molar-refractivity contribution in [2.24, 2.45) is 4.99 Å². The van der Waals surface area contributed by atoms with Crippen molar-refractivity contribution >= 4 is 11.9 Å². The highest BCUT2D eigenvalue weighted by atomic mass is 16.5. The van der Waals surface area contributed by atoms with Gasteiger partial charge in [0.15, 0.2) is 5.96 Å². The molecule has 1 aliphatic rings. The molecule has 1 amide bonds. The smallest absolute Gasteiger partial charge is 0.224 e. The van der Waals surface area contributed by atoms with Crippen LogP contribution in [0.25, 0.3) is 0 Å². The summed E-state index contributed by atoms with van der Waals surface area (Å²) in [6, 6.07) is 6.55. The number of hydrogen-bond acceptors (Lipinski definition) is 4. The second-order valence-corrected chi connectivity index (χ2v) is 8.11. The number of aryl methyl sites for hydroxylation is 1. The number of carbonyl (C=O) groups is 1. The highest BCUT2D eigenvalue weighted by Crippen LogP contribution is 2.21. The standard InChI is InChI=1S/C24H40N4O3/c1-5-25-24(26-13-12-23(29)28-14-7-6-9-20(28)3)27-18-21-11-10-19(2)17-22(21)31-16-8-15-30-4/h10-11,17,20H,5-9,12-16,18H2,1-4H3,(H2,25,26,27). The fraction of sp³-hybridized carbons (Fsp3) is 0.667. The minimum atomic E-state index is 0.223. The molecule has 1 aliphatic heterocycles. The molecule has 7 heteroatoms. The van der Waals surface area contributed by atoms with Crippen molar-refractivity contribution in [2.75, 3.05) is 40.0 Å². The number of aliphatic imine (C=N–C) groups is 1. The largest absolute Gasteiger partial charge is 0.493 e. The summed E-state index contributed by atoms with van der Waals surface area (Å²) >= 11 is 0. The summed E-state index contributed by atoms with van der Waals surface area (Å²) in [6.07, 6.45) is 4.77. The maximum Gasteiger partial charge on any atom is 0.224 e. The third-order valence-electron chi connectivity index (χ3n) is 5.48. The maximum absolute atomic E-state index is 12.6. The first-order chi connectivity index (χ1) is 15.0. The van der Waals surface area contributed by atoms with E-state index >= 15 is 0 Å². The maximum atomic E-state index is 12.6. The Morgan fingerprint density at radius 2 is 2.10 bits per heavy atom. The van der Waals surface area contributed by atoms with E-state index in [1.54, 1.807) is 7.11 Å². The van der Waals surface area contributed by atoms with E-state index in [-0.39, 0.29) is 5.91 Å². The molecule has 0 bridgehead atoms. The second-order valence-electron chi connectivity index (χ2n) is 8.11. The van der Waals surface area contributed by atoms with Crippen molar-refractivity contribution < 1.29 is 14.3 Å². The molecule has 7 nitrogen and oxygen atoms in total. The van der Waals surface area contributed by atoms with Crippen LogP contribution in [-0.4, -0.2) is 62.8 Å². The number of likely N-dealkylation sites (tertiary alicyclic amines) is 1. The predicted molar refractivity (Wildman–Crippen MR) is 126 cm³/mol. The SMILES string of the molecule is CCNC(=NCc1ccc(C)cc1OCCCOC)NCCC(=O)N1CCCCC1C. The zero-order chi connectivity index (χ0) is 22.5. The third-order valence-corrected chi connectivity index (χ3v) is 5.48. The molecule has 0 spiro atoms. The molecule has 0 aliphatic carbocycles. The van der Waals surface area contributed by atoms with Crippen LogP contribution in [0, 0.1) is 6.92 Å². The van der Waals surface area contributed by atoms with E-state index in [2.05, 4.69) is 42.7 Å². The van der Waals surface area contributed by atoms with Gasteiger partial charge in [0.1, 0.15) is 5.75 Å². The molecule has 1 unspecified atom stereocenters. The van der Waals surface area contributed by atoms with Gasteiger partial charge in [-0.3, -0.25) is 4.79 Å². The fourth-order valence-corrected chi connectivity index (χ4v) is 3.72. The Morgan fingerprint density at radius 1 is 1.26 bits per heavy atom. The van der Waals surface area contributed by atoms with E-state index < -0.39 is 0 Å². The Hall–Kier alpha value is -2.28. The molecule has 31 heavy (non-hydrogen) atoms. The van der Waals surface area contributed by atoms with Gasteiger partial charge >= 0.3 is 0 Å². The lowest BCUT2D eigenvalue weighted by Crippen LogP contribution is -2.44. The van der Waals surface area contributed by atoms with E-state index in [0.29, 0.717) is 44.7 Å². The van der Waals surface area contributed by atoms with Crippen LogP contribution < -0.4 is 15.4 Å². The van der Waals surface area contributed by atoms with Crippen LogP contribution in [0.1, 0.15) is 57.1 Å². The summed E-state index contributed by atoms with van der Waals surface area (Å²) in [6.45, 7) is 10.3. The molecular formula is C24H40N4O3. The van der Waals surface area contributed by atoms with Crippen LogP contribution in [0.3, 0.4) is 0 Å². The van der Waals surface area contributed by atoms with Crippen LogP contribution in [0.5, 0.6) is 5.75 Å². The van der Waals surface area contributed by atoms with Gasteiger partial charge in [0.2, 0.25) is 5.91 Å². The van der Waals surface area contributed by atoms with E-state index in [9.17, 15) is 4.79 Å². The van der Waals surface area contributed by atoms with Gasteiger partial charge < -0.3 is 25.0 Å². The molecule has 1 atom stereocenters. The first-order valence-corrected chi connectivity index (χ1v) is 11.6. The quantitative estimate of drug-likeness (QED) is 0.319. The predicted octanol–water partition coefficient (Wildman–Crippen LogP) is 3.26. The minimum Gasteiger partial charge on any atom is -0.493 e. The van der Waals surface area contributed by atoms with Gasteiger partial charge in [-0.05, 0) is 51.7 Å². The van der Waals surface area contributed by atoms with Crippen LogP contribution in [0.15, 0.2) is 23.2 Å². The topological polar surface area (TPSA) is 75.2 Å². The lowest BCUT2D eigenvalue weighted by atomic mass is 10.0. The molecule has 2 rings (SSSR count). The number of ether oxygens (including phenoxy) is 2. The summed E-state index contributed by atoms with van der Waals surface area (Å²) in [5.41, 5.74) is 2.20. The molecule has 174 valence electrons. The van der Waals surface area contributed by atoms with Gasteiger partial charge in [-0.1, -0.05) is 12.1 Å². The number of nitrogens with zero attached hydrogens (tertiary/aromatic N) is 2. The average molecular weight is 433 g/mol. The van der Waals surface area contributed by atoms with E-state index in [1.165, 1.54) is 6.42 Å². The number of hydrogen-bond donors (Lipinski definition) is 2. The number of amides is 1. The normalized spacial score (nSPS) is 16.8. The Kier molecular flexibility index (Phi) is 11.2. The molecule has 0 aromatic heterocycles. The molecule has 1 heterocycles. The summed E-state index contributed by atoms with van der Waals surface area (Å²) < 4.78 is 11.1. The Bertz CT molecular complexity index is 708. The zero-order valence-corrected chi connectivity index (χ0v) is 19.7. The van der Waals surface area contributed by atoms with Gasteiger partial charge in [-0.2, -0.15) is 0 Å². The first-order valence-electron chi connectivity index (χ1n) is 11.6. The van der Waals surface area contributed by atoms with Gasteiger partial charge in [0.25, 0.3) is 0 Å². The van der Waals surface area contributed by atoms with Gasteiger partial charge in [0.05, 0.1) is 13.2 Å². The second kappa shape index (κ2) is 13.9. The van der Waals surface area contributed by atoms with Gasteiger partial charge in [0, 0.05) is 57.8 Å². The minimum absolute atomic E-state index is 0.223. The van der Waals surface area contributed by atoms with Crippen molar-refractivity contribution in [1.29, 1.82) is 0 Å². The molecule has 0 radical (unpaired) electrons. The molecule has 1 fully saturated rings. The van der Waals surface area contributed by atoms with Crippen molar-refractivity contribution in [2.45, 2.75) is 65.5 Å². The van der Waals surface area contributed by atoms with Crippen LogP contribution in [0.2, 0.25) is 0 Å². The number of methoxy groups -OCH3 is 1. The average Bonchev–Trinajstić information content (AvgIpc) is 2.76. The highest BCUT2D eigenvalue weighted by molar-refractivity contribution is 5.81. The molecular weight excluding hydrogens is 392 g/mol. The number of rotatable bonds is 11. The Labute approximate surface area is 187 Å². The number of piperidine rings is 1. The lowest BCUT2D eigenvalue weighted by Gasteiger charge is -2.33. The lowest BCUT2D eigenvalue weighted by molar-refractivity contribution is -0.134. The van der Waals surface area contributed by atoms with Crippen molar-refractivity contribution in [3.63, 3.8) is 0 Å². The first kappa shape index (κ1) is 25.0. The molecule has 0 saturated carbocycles. The Morgan fingerprint density at radius 3 is 2.84 bits per heavy atom. The van der Waals surface area contributed by atoms with Crippen molar-refractivity contribution in [3.05, 3.63) is 29.3 Å². The van der Waals surface area contributed by atoms with Gasteiger partial charge in [-0.15, -0.1) is 0 Å². The summed E-state index contributed by atoms with van der Waals surface area (Å²) in [5, 5.41) is 6.56. The zero-order valence-electron chi connectivity index (χ0n) is 19.7. The highest BCUT2D eigenvalue weighted by Gasteiger charge is 2.22. The third kappa shape index (κ3) is 8.77. The van der Waals surface area contributed by atoms with E-state index in [4.69, 9.17) is 14.5 Å². The van der Waals surface area contributed by atoms with Crippen molar-refractivity contribution in [1.82, 2.24) is 15.5 Å². The van der Waals surface area contributed by atoms with Crippen molar-refractivity contribution in [3.8, 4) is 5.75 Å². The summed E-state index contributed by atoms with van der Waals surface area (Å²) in [7, 11) is 1.70. The molecule has 1 aromatic carbocycles. The number of carbonyl (C=O) groups excluding carboxylic acids is 1. The van der Waals surface area contributed by atoms with E-state index in [1.807, 2.05) is 11.8 Å². The molecule has 1 saturated heterocycles. The fourth-order valence-electron chi connectivity index (χ4n) is 3.72. The van der Waals surface area contributed by atoms with Gasteiger partial charge in [-0.25, -0.2) is 4.99 Å². The number of guanidine groups is 1. The number of nitrogens with one attached hydrogen (secondary N) is 2. The number of benzene rings is 1. The van der Waals surface area contributed by atoms with Crippen LogP contribution in [-0.2, 0) is 16.1 Å². The van der Waals surface area contributed by atoms with Crippen LogP contribution in [0.4, 0.5) is 0 Å². The summed E-state index contributed by atoms with van der Waals surface area (Å²) in [5.74, 6) is 1.80. The Balaban J connectivity index is 1.90. The van der Waals surface area contributed by atoms with E-state index in [0.717, 1.165) is 49.2 Å². The molecule has 1 aromatic rings.